The largest absolute Gasteiger partial charge is 0.478 e. The van der Waals surface area contributed by atoms with Crippen molar-refractivity contribution >= 4 is 17.5 Å². The van der Waals surface area contributed by atoms with E-state index in [9.17, 15) is 9.18 Å². The molecule has 0 radical (unpaired) electrons. The Labute approximate surface area is 110 Å². The number of hydrogen-bond acceptors (Lipinski definition) is 3. The number of pyridine rings is 1. The summed E-state index contributed by atoms with van der Waals surface area (Å²) < 4.78 is 14.1. The summed E-state index contributed by atoms with van der Waals surface area (Å²) in [6.45, 7) is 1.93. The normalized spacial score (nSPS) is 10.3. The highest BCUT2D eigenvalue weighted by Gasteiger charge is 2.18. The Balaban J connectivity index is 2.47. The Morgan fingerprint density at radius 3 is 2.74 bits per heavy atom. The zero-order valence-corrected chi connectivity index (χ0v) is 10.6. The lowest BCUT2D eigenvalue weighted by atomic mass is 10.2. The fourth-order valence-electron chi connectivity index (χ4n) is 1.79. The van der Waals surface area contributed by atoms with Crippen LogP contribution in [0.4, 0.5) is 15.9 Å². The van der Waals surface area contributed by atoms with E-state index in [0.29, 0.717) is 0 Å². The van der Waals surface area contributed by atoms with Crippen molar-refractivity contribution in [2.45, 2.75) is 6.92 Å². The van der Waals surface area contributed by atoms with E-state index in [2.05, 4.69) is 4.98 Å². The fraction of sp³-hybridized carbons (Fsp3) is 0.143. The highest BCUT2D eigenvalue weighted by Crippen LogP contribution is 2.26. The fourth-order valence-corrected chi connectivity index (χ4v) is 1.79. The number of anilines is 2. The molecule has 1 aromatic heterocycles. The number of benzene rings is 1. The van der Waals surface area contributed by atoms with Gasteiger partial charge in [-0.3, -0.25) is 0 Å². The molecule has 1 heterocycles. The van der Waals surface area contributed by atoms with Gasteiger partial charge in [0.05, 0.1) is 0 Å². The lowest BCUT2D eigenvalue weighted by Crippen LogP contribution is -2.15. The van der Waals surface area contributed by atoms with Gasteiger partial charge in [0.1, 0.15) is 5.56 Å². The number of aryl methyl sites for hydroxylation is 1. The van der Waals surface area contributed by atoms with Crippen LogP contribution >= 0.6 is 0 Å². The van der Waals surface area contributed by atoms with E-state index >= 15 is 0 Å². The third-order valence-electron chi connectivity index (χ3n) is 2.81. The van der Waals surface area contributed by atoms with Gasteiger partial charge in [0.25, 0.3) is 0 Å². The smallest absolute Gasteiger partial charge is 0.338 e. The van der Waals surface area contributed by atoms with Gasteiger partial charge in [-0.25, -0.2) is 14.2 Å². The first-order chi connectivity index (χ1) is 9.00. The molecule has 2 rings (SSSR count). The van der Waals surface area contributed by atoms with Crippen molar-refractivity contribution in [3.05, 3.63) is 53.5 Å². The minimum absolute atomic E-state index is 0.00880. The second kappa shape index (κ2) is 5.06. The van der Waals surface area contributed by atoms with Crippen LogP contribution in [0.5, 0.6) is 0 Å². The Hall–Kier alpha value is -2.43. The van der Waals surface area contributed by atoms with E-state index in [-0.39, 0.29) is 11.4 Å². The van der Waals surface area contributed by atoms with Gasteiger partial charge < -0.3 is 10.0 Å². The van der Waals surface area contributed by atoms with Crippen molar-refractivity contribution in [3.8, 4) is 0 Å². The van der Waals surface area contributed by atoms with Gasteiger partial charge in [-0.05, 0) is 30.7 Å². The van der Waals surface area contributed by atoms with E-state index in [4.69, 9.17) is 5.11 Å². The Bertz CT molecular complexity index is 629. The van der Waals surface area contributed by atoms with Gasteiger partial charge in [0, 0.05) is 18.9 Å². The van der Waals surface area contributed by atoms with Crippen LogP contribution in [0.2, 0.25) is 0 Å². The second-order valence-corrected chi connectivity index (χ2v) is 4.20. The molecule has 1 N–H and O–H groups in total. The van der Waals surface area contributed by atoms with Crippen molar-refractivity contribution in [2.75, 3.05) is 11.9 Å². The van der Waals surface area contributed by atoms with E-state index in [1.807, 2.05) is 31.2 Å². The minimum Gasteiger partial charge on any atom is -0.478 e. The molecule has 0 amide bonds. The predicted molar refractivity (Wildman–Crippen MR) is 70.4 cm³/mol. The summed E-state index contributed by atoms with van der Waals surface area (Å²) in [7, 11) is 1.64. The highest BCUT2D eigenvalue weighted by atomic mass is 19.1. The van der Waals surface area contributed by atoms with Crippen LogP contribution in [0, 0.1) is 12.7 Å². The molecule has 0 aliphatic heterocycles. The van der Waals surface area contributed by atoms with Crippen LogP contribution in [0.3, 0.4) is 0 Å². The number of carboxylic acid groups (broad SMARTS) is 1. The Morgan fingerprint density at radius 1 is 1.37 bits per heavy atom. The zero-order valence-electron chi connectivity index (χ0n) is 10.6. The maximum Gasteiger partial charge on any atom is 0.338 e. The zero-order chi connectivity index (χ0) is 14.0. The molecule has 4 nitrogen and oxygen atoms in total. The lowest BCUT2D eigenvalue weighted by Gasteiger charge is -2.19. The SMILES string of the molecule is Cc1cccc(N(C)c2nccc(C(=O)O)c2F)c1. The van der Waals surface area contributed by atoms with E-state index in [0.717, 1.165) is 17.3 Å². The number of nitrogens with zero attached hydrogens (tertiary/aromatic N) is 2. The average molecular weight is 260 g/mol. The molecule has 0 atom stereocenters. The van der Waals surface area contributed by atoms with Gasteiger partial charge in [0.15, 0.2) is 11.6 Å². The summed E-state index contributed by atoms with van der Waals surface area (Å²) in [5, 5.41) is 8.90. The molecule has 0 fully saturated rings. The summed E-state index contributed by atoms with van der Waals surface area (Å²) in [5.41, 5.74) is 1.39. The van der Waals surface area contributed by atoms with Crippen LogP contribution in [-0.2, 0) is 0 Å². The van der Waals surface area contributed by atoms with Gasteiger partial charge in [-0.1, -0.05) is 12.1 Å². The topological polar surface area (TPSA) is 53.4 Å². The van der Waals surface area contributed by atoms with E-state index in [1.165, 1.54) is 11.1 Å². The van der Waals surface area contributed by atoms with Gasteiger partial charge in [0.2, 0.25) is 0 Å². The number of halogens is 1. The number of carbonyl (C=O) groups is 1. The van der Waals surface area contributed by atoms with Crippen molar-refractivity contribution in [3.63, 3.8) is 0 Å². The minimum atomic E-state index is -1.31. The molecule has 0 saturated heterocycles. The van der Waals surface area contributed by atoms with Crippen molar-refractivity contribution in [2.24, 2.45) is 0 Å². The molecule has 0 saturated carbocycles. The summed E-state index contributed by atoms with van der Waals surface area (Å²) in [6.07, 6.45) is 1.29. The second-order valence-electron chi connectivity index (χ2n) is 4.20. The third-order valence-corrected chi connectivity index (χ3v) is 2.81. The molecule has 5 heteroatoms. The molecule has 2 aromatic rings. The van der Waals surface area contributed by atoms with Crippen LogP contribution in [-0.4, -0.2) is 23.1 Å². The van der Waals surface area contributed by atoms with Crippen LogP contribution in [0.1, 0.15) is 15.9 Å². The molecule has 19 heavy (non-hydrogen) atoms. The molecule has 0 aliphatic carbocycles. The van der Waals surface area contributed by atoms with Crippen molar-refractivity contribution in [1.82, 2.24) is 4.98 Å². The average Bonchev–Trinajstić information content (AvgIpc) is 2.38. The maximum atomic E-state index is 14.1. The molecule has 0 spiro atoms. The van der Waals surface area contributed by atoms with Crippen LogP contribution in [0.25, 0.3) is 0 Å². The summed E-state index contributed by atoms with van der Waals surface area (Å²) >= 11 is 0. The Morgan fingerprint density at radius 2 is 2.11 bits per heavy atom. The van der Waals surface area contributed by atoms with E-state index < -0.39 is 11.8 Å². The van der Waals surface area contributed by atoms with Crippen molar-refractivity contribution < 1.29 is 14.3 Å². The molecule has 98 valence electrons. The van der Waals surface area contributed by atoms with Gasteiger partial charge >= 0.3 is 5.97 Å². The molecular formula is C14H13FN2O2. The summed E-state index contributed by atoms with van der Waals surface area (Å²) in [4.78, 5) is 16.3. The molecule has 0 bridgehead atoms. The quantitative estimate of drug-likeness (QED) is 0.921. The lowest BCUT2D eigenvalue weighted by molar-refractivity contribution is 0.0692. The van der Waals surface area contributed by atoms with E-state index in [1.54, 1.807) is 7.05 Å². The van der Waals surface area contributed by atoms with Crippen molar-refractivity contribution in [1.29, 1.82) is 0 Å². The number of rotatable bonds is 3. The molecular weight excluding hydrogens is 247 g/mol. The highest BCUT2D eigenvalue weighted by molar-refractivity contribution is 5.89. The number of aromatic nitrogens is 1. The monoisotopic (exact) mass is 260 g/mol. The van der Waals surface area contributed by atoms with Gasteiger partial charge in [-0.2, -0.15) is 0 Å². The number of hydrogen-bond donors (Lipinski definition) is 1. The molecule has 1 aromatic carbocycles. The molecule has 0 unspecified atom stereocenters. The predicted octanol–water partition coefficient (Wildman–Crippen LogP) is 3.00. The number of carboxylic acids is 1. The first-order valence-corrected chi connectivity index (χ1v) is 5.69. The first kappa shape index (κ1) is 13.0. The number of aromatic carboxylic acids is 1. The third kappa shape index (κ3) is 2.54. The Kier molecular flexibility index (Phi) is 3.46. The maximum absolute atomic E-state index is 14.1. The van der Waals surface area contributed by atoms with Crippen LogP contribution < -0.4 is 4.90 Å². The van der Waals surface area contributed by atoms with Gasteiger partial charge in [-0.15, -0.1) is 0 Å². The van der Waals surface area contributed by atoms with Crippen LogP contribution in [0.15, 0.2) is 36.5 Å². The summed E-state index contributed by atoms with van der Waals surface area (Å²) in [5.74, 6) is -2.15. The molecule has 0 aliphatic rings. The standard InChI is InChI=1S/C14H13FN2O2/c1-9-4-3-5-10(8-9)17(2)13-12(15)11(14(18)19)6-7-16-13/h3-8H,1-2H3,(H,18,19). The first-order valence-electron chi connectivity index (χ1n) is 5.69. The summed E-state index contributed by atoms with van der Waals surface area (Å²) in [6, 6.07) is 8.59.